The van der Waals surface area contributed by atoms with E-state index in [4.69, 9.17) is 61.1 Å². The van der Waals surface area contributed by atoms with Crippen LogP contribution in [0.25, 0.3) is 85.1 Å². The van der Waals surface area contributed by atoms with E-state index < -0.39 is 0 Å². The maximum absolute atomic E-state index is 12.6. The Balaban J connectivity index is 0.000000127. The zero-order valence-corrected chi connectivity index (χ0v) is 80.4. The highest BCUT2D eigenvalue weighted by Gasteiger charge is 2.22. The Morgan fingerprint density at radius 2 is 0.766 bits per heavy atom. The number of carbonyl (C=O) groups excluding carboxylic acids is 7. The summed E-state index contributed by atoms with van der Waals surface area (Å²) in [6, 6.07) is 57.6. The lowest BCUT2D eigenvalue weighted by molar-refractivity contribution is 0.0503. The number of thiophene rings is 2. The zero-order valence-electron chi connectivity index (χ0n) is 78.0. The summed E-state index contributed by atoms with van der Waals surface area (Å²) < 4.78 is 66.0. The number of rotatable bonds is 28. The van der Waals surface area contributed by atoms with Crippen molar-refractivity contribution >= 4 is 167 Å². The van der Waals surface area contributed by atoms with Crippen molar-refractivity contribution in [3.63, 3.8) is 0 Å². The summed E-state index contributed by atoms with van der Waals surface area (Å²) in [6.45, 7) is 3.84. The fraction of sp³-hybridized carbons (Fsp3) is 0.139. The van der Waals surface area contributed by atoms with E-state index in [-0.39, 0.29) is 60.1 Å². The molecule has 0 spiro atoms. The predicted octanol–water partition coefficient (Wildman–Crippen LogP) is 22.3. The van der Waals surface area contributed by atoms with E-state index in [9.17, 15) is 33.6 Å². The molecular weight excluding hydrogens is 1910 g/mol. The van der Waals surface area contributed by atoms with Crippen LogP contribution in [0.4, 0.5) is 5.82 Å². The van der Waals surface area contributed by atoms with E-state index in [0.717, 1.165) is 70.5 Å². The summed E-state index contributed by atoms with van der Waals surface area (Å²) in [5.74, 6) is 5.86. The highest BCUT2D eigenvalue weighted by Crippen LogP contribution is 2.29. The number of anilines is 1. The molecule has 0 unspecified atom stereocenters. The van der Waals surface area contributed by atoms with E-state index in [2.05, 4.69) is 45.6 Å². The molecule has 0 amide bonds. The summed E-state index contributed by atoms with van der Waals surface area (Å²) in [7, 11) is 1.58. The van der Waals surface area contributed by atoms with E-state index in [0.29, 0.717) is 94.0 Å². The molecular formula is C108H95ClN16O18S2. The molecule has 2 fully saturated rings. The van der Waals surface area contributed by atoms with Crippen molar-refractivity contribution in [3.05, 3.63) is 422 Å². The largest absolute Gasteiger partial charge is 0.465 e. The minimum absolute atomic E-state index is 0.0215. The van der Waals surface area contributed by atoms with Gasteiger partial charge in [0.05, 0.1) is 139 Å². The van der Waals surface area contributed by atoms with Crippen LogP contribution in [0.2, 0.25) is 5.02 Å². The van der Waals surface area contributed by atoms with Crippen LogP contribution in [0.3, 0.4) is 0 Å². The van der Waals surface area contributed by atoms with E-state index >= 15 is 0 Å². The average Bonchev–Trinajstić information content (AvgIpc) is 1.79. The number of furan rings is 8. The Bertz CT molecular complexity index is 7060. The van der Waals surface area contributed by atoms with Crippen LogP contribution < -0.4 is 4.90 Å². The predicted molar refractivity (Wildman–Crippen MR) is 549 cm³/mol. The number of aromatic nitrogens is 15. The maximum atomic E-state index is 12.6. The van der Waals surface area contributed by atoms with Crippen molar-refractivity contribution in [3.8, 4) is 0 Å². The summed E-state index contributed by atoms with van der Waals surface area (Å²) >= 11 is 8.72. The smallest absolute Gasteiger partial charge is 0.313 e. The third-order valence-corrected chi connectivity index (χ3v) is 22.8. The van der Waals surface area contributed by atoms with Crippen molar-refractivity contribution in [2.45, 2.75) is 38.5 Å². The molecule has 18 aromatic heterocycles. The van der Waals surface area contributed by atoms with Crippen LogP contribution in [-0.4, -0.2) is 168 Å². The summed E-state index contributed by atoms with van der Waals surface area (Å²) in [5.41, 5.74) is 6.93. The van der Waals surface area contributed by atoms with Gasteiger partial charge in [0.2, 0.25) is 5.91 Å². The first kappa shape index (κ1) is 102. The van der Waals surface area contributed by atoms with Crippen LogP contribution >= 0.6 is 34.3 Å². The number of morpholine rings is 1. The number of benzene rings is 1. The molecule has 1 saturated heterocycles. The molecule has 19 heterocycles. The van der Waals surface area contributed by atoms with Crippen molar-refractivity contribution in [2.75, 3.05) is 58.1 Å². The number of nitrogens with zero attached hydrogens (tertiary/aromatic N) is 16. The van der Waals surface area contributed by atoms with Gasteiger partial charge in [-0.25, -0.2) is 37.8 Å². The molecule has 19 aromatic rings. The number of hydrogen-bond acceptors (Lipinski definition) is 29. The van der Waals surface area contributed by atoms with Crippen LogP contribution in [0, 0.1) is 5.92 Å². The van der Waals surface area contributed by atoms with Crippen LogP contribution in [0.15, 0.2) is 345 Å². The first-order valence-corrected chi connectivity index (χ1v) is 47.7. The van der Waals surface area contributed by atoms with E-state index in [1.165, 1.54) is 87.4 Å². The number of pyridine rings is 1. The lowest BCUT2D eigenvalue weighted by atomic mass is 10.0. The molecule has 145 heavy (non-hydrogen) atoms. The maximum Gasteiger partial charge on any atom is 0.313 e. The van der Waals surface area contributed by atoms with Gasteiger partial charge in [-0.3, -0.25) is 33.6 Å². The van der Waals surface area contributed by atoms with E-state index in [1.54, 1.807) is 252 Å². The van der Waals surface area contributed by atoms with Gasteiger partial charge in [-0.05, 0) is 296 Å². The highest BCUT2D eigenvalue weighted by molar-refractivity contribution is 7.12. The minimum Gasteiger partial charge on any atom is -0.465 e. The molecule has 1 saturated carbocycles. The molecule has 21 rings (SSSR count). The molecule has 0 atom stereocenters. The fourth-order valence-corrected chi connectivity index (χ4v) is 15.1. The molecule has 34 nitrogen and oxygen atoms in total. The van der Waals surface area contributed by atoms with Gasteiger partial charge in [-0.15, -0.1) is 11.3 Å². The number of halogens is 1. The third kappa shape index (κ3) is 31.9. The Morgan fingerprint density at radius 1 is 0.379 bits per heavy atom. The first-order valence-electron chi connectivity index (χ1n) is 45.5. The van der Waals surface area contributed by atoms with Gasteiger partial charge in [0.25, 0.3) is 29.5 Å². The summed E-state index contributed by atoms with van der Waals surface area (Å²) in [6.07, 6.45) is 56.8. The standard InChI is InChI=1S/C19H18N4O3.C17H13ClN2O2.C16H18N2O2.C14H16N2O4.C14H10N2O3.2C14H10N2O2S/c24-19(15-3-6-18(20-14-15)22-9-12-25-13-10-22)23-8-7-16(21-23)4-5-17-2-1-11-26-17;18-14-5-3-13(4-6-14)12-17(21)20-10-9-15(19-20)7-8-16-2-1-11-22-16;19-16(12-13-4-1-2-5-13)18-10-9-14(17-18)7-8-15-6-3-11-20-15;1-18-9-10-19-11-14(17)16-7-6-12(15-16)4-5-13-3-2-8-20-13;2*17-14(13-4-2-10-19-13)16-8-7-11(15-16)5-6-12-3-1-9-18-12;17-14(11-6-9-19-10-11)16-7-5-12(15-16)3-4-13-2-1-8-18-13/h1-8,11,14H,9-10,12-13H2;1-11H,12H2;3,6-11,13H,1-2,4-5,12H2;2-8H,9-11H2,1H3;3*1-10H/b5-4+;2*8-7+;5-4+;2*6-5+;4-3+. The second kappa shape index (κ2) is 53.6. The van der Waals surface area contributed by atoms with Crippen molar-refractivity contribution in [1.82, 2.24) is 73.4 Å². The topological polar surface area (TPSA) is 393 Å². The van der Waals surface area contributed by atoms with Gasteiger partial charge in [0.1, 0.15) is 52.7 Å². The number of methoxy groups -OCH3 is 1. The molecule has 0 bridgehead atoms. The zero-order chi connectivity index (χ0) is 100. The molecule has 0 N–H and O–H groups in total. The highest BCUT2D eigenvalue weighted by atomic mass is 35.5. The van der Waals surface area contributed by atoms with Gasteiger partial charge >= 0.3 is 5.91 Å². The normalized spacial score (nSPS) is 12.5. The van der Waals surface area contributed by atoms with Gasteiger partial charge in [-0.1, -0.05) is 42.6 Å². The molecule has 1 aliphatic carbocycles. The molecule has 0 radical (unpaired) electrons. The average molecular weight is 2000 g/mol. The molecule has 37 heteroatoms. The Kier molecular flexibility index (Phi) is 37.6. The quantitative estimate of drug-likeness (QED) is 0.0411. The second-order valence-corrected chi connectivity index (χ2v) is 33.5. The Labute approximate surface area is 842 Å². The lowest BCUT2D eigenvalue weighted by Crippen LogP contribution is -2.36. The monoisotopic (exact) mass is 2000 g/mol. The SMILES string of the molecule is COCCOCC(=O)n1ccc(/C=C/c2ccco2)n1.O=C(CC1CCCC1)n1ccc(/C=C/c2ccco2)n1.O=C(Cc1ccc(Cl)cc1)n1ccc(/C=C/c2ccco2)n1.O=C(c1ccc(N2CCOCC2)nc1)n1ccc(/C=C/c2ccco2)n1.O=C(c1ccco1)n1ccc(/C=C/c2ccco2)n1.O=C(c1cccs1)n1ccc(/C=C/c2ccco2)n1.O=C(c1ccsc1)n1ccc(/C=C/c2ccco2)n1. The Morgan fingerprint density at radius 3 is 1.14 bits per heavy atom. The minimum atomic E-state index is -0.303. The van der Waals surface area contributed by atoms with Crippen molar-refractivity contribution in [2.24, 2.45) is 5.92 Å². The molecule has 2 aliphatic rings. The van der Waals surface area contributed by atoms with Gasteiger partial charge in [0, 0.05) is 86.6 Å². The third-order valence-electron chi connectivity index (χ3n) is 21.0. The molecule has 734 valence electrons. The number of ether oxygens (including phenoxy) is 3. The first-order chi connectivity index (χ1) is 71.1. The second-order valence-electron chi connectivity index (χ2n) is 31.3. The van der Waals surface area contributed by atoms with Crippen LogP contribution in [0.1, 0.15) is 173 Å². The Hall–Kier alpha value is -17.7. The fourth-order valence-electron chi connectivity index (χ4n) is 13.7. The number of carbonyl (C=O) groups is 7. The molecule has 1 aliphatic heterocycles. The number of hydrogen-bond donors (Lipinski definition) is 0. The van der Waals surface area contributed by atoms with Crippen LogP contribution in [0.5, 0.6) is 0 Å². The lowest BCUT2D eigenvalue weighted by Gasteiger charge is -2.27. The van der Waals surface area contributed by atoms with Gasteiger partial charge < -0.3 is 54.4 Å². The molecule has 1 aromatic carbocycles. The van der Waals surface area contributed by atoms with Crippen LogP contribution in [-0.2, 0) is 20.6 Å². The summed E-state index contributed by atoms with van der Waals surface area (Å²) in [4.78, 5) is 91.8. The van der Waals surface area contributed by atoms with Gasteiger partial charge in [-0.2, -0.15) is 47.0 Å². The van der Waals surface area contributed by atoms with Gasteiger partial charge in [0.15, 0.2) is 5.76 Å². The van der Waals surface area contributed by atoms with Crippen molar-refractivity contribution < 1.29 is 83.1 Å². The van der Waals surface area contributed by atoms with Crippen molar-refractivity contribution in [1.29, 1.82) is 0 Å². The van der Waals surface area contributed by atoms with E-state index in [1.807, 2.05) is 144 Å². The summed E-state index contributed by atoms with van der Waals surface area (Å²) in [5, 5.41) is 35.7.